The number of fused-ring (bicyclic) bond motifs is 6. The summed E-state index contributed by atoms with van der Waals surface area (Å²) in [7, 11) is -6.11. The van der Waals surface area contributed by atoms with Gasteiger partial charge in [-0.1, -0.05) is 85.6 Å². The number of aromatic nitrogens is 3. The normalized spacial score (nSPS) is 22.0. The lowest BCUT2D eigenvalue weighted by Crippen LogP contribution is -2.49. The number of pyridine rings is 1. The van der Waals surface area contributed by atoms with E-state index in [0.717, 1.165) is 31.2 Å². The summed E-state index contributed by atoms with van der Waals surface area (Å²) in [6.07, 6.45) is 3.96. The van der Waals surface area contributed by atoms with Crippen LogP contribution in [-0.2, 0) is 16.3 Å². The molecule has 4 aromatic rings. The van der Waals surface area contributed by atoms with Crippen molar-refractivity contribution in [2.45, 2.75) is 109 Å². The first-order chi connectivity index (χ1) is 23.7. The lowest BCUT2D eigenvalue weighted by molar-refractivity contribution is 0.265. The van der Waals surface area contributed by atoms with Crippen LogP contribution in [0.3, 0.4) is 0 Å². The molecule has 2 bridgehead atoms. The van der Waals surface area contributed by atoms with E-state index in [0.29, 0.717) is 62.7 Å². The van der Waals surface area contributed by atoms with Gasteiger partial charge < -0.3 is 4.90 Å². The molecule has 1 aliphatic carbocycles. The van der Waals surface area contributed by atoms with E-state index in [2.05, 4.69) is 69.8 Å². The fourth-order valence-electron chi connectivity index (χ4n) is 9.95. The zero-order valence-electron chi connectivity index (χ0n) is 30.4. The van der Waals surface area contributed by atoms with E-state index in [1.807, 2.05) is 12.1 Å². The summed E-state index contributed by atoms with van der Waals surface area (Å²) < 4.78 is 60.1. The summed E-state index contributed by atoms with van der Waals surface area (Å²) in [6, 6.07) is 8.76. The van der Waals surface area contributed by atoms with Crippen LogP contribution in [0.5, 0.6) is 0 Å². The Morgan fingerprint density at radius 1 is 0.960 bits per heavy atom. The van der Waals surface area contributed by atoms with Gasteiger partial charge in [0, 0.05) is 23.5 Å². The highest BCUT2D eigenvalue weighted by Crippen LogP contribution is 2.49. The second-order valence-electron chi connectivity index (χ2n) is 15.9. The highest BCUT2D eigenvalue weighted by atomic mass is 32.2. The lowest BCUT2D eigenvalue weighted by atomic mass is 9.82. The zero-order valence-corrected chi connectivity index (χ0v) is 32.3. The Bertz CT molecular complexity index is 2170. The molecular formula is C40H48F2N4O2SSi. The van der Waals surface area contributed by atoms with Crippen molar-refractivity contribution in [3.8, 4) is 22.7 Å². The molecule has 0 amide bonds. The van der Waals surface area contributed by atoms with E-state index in [-0.39, 0.29) is 39.6 Å². The highest BCUT2D eigenvalue weighted by Gasteiger charge is 2.46. The minimum absolute atomic E-state index is 0.0323. The standard InChI is InChI=1S/C40H48F2N4O2SSi/c1-9-49(47,48)40-44-37-34-32(19-25(8)38-28-14-13-26(20-28)21-46(38)39(34)45-40)43-36(35(37)42)30-12-10-11-27-15-16-31(41)29(33(27)30)17-18-50(22(2)3,23(4)5)24(6)7/h10-12,15-16,22-26,28,38H,9,13-14,19-21H2,1-8H3/t25-,26-,28+,38+/m0/s1. The average molecular weight is 715 g/mol. The van der Waals surface area contributed by atoms with Gasteiger partial charge in [0.15, 0.2) is 5.82 Å². The van der Waals surface area contributed by atoms with Crippen LogP contribution in [0.2, 0.25) is 16.6 Å². The molecule has 4 heterocycles. The van der Waals surface area contributed by atoms with Gasteiger partial charge in [-0.25, -0.2) is 32.2 Å². The quantitative estimate of drug-likeness (QED) is 0.113. The predicted octanol–water partition coefficient (Wildman–Crippen LogP) is 9.28. The van der Waals surface area contributed by atoms with Crippen molar-refractivity contribution < 1.29 is 17.2 Å². The molecule has 264 valence electrons. The summed E-state index contributed by atoms with van der Waals surface area (Å²) in [4.78, 5) is 16.5. The zero-order chi connectivity index (χ0) is 35.9. The minimum atomic E-state index is -3.87. The topological polar surface area (TPSA) is 76.0 Å². The van der Waals surface area contributed by atoms with Crippen molar-refractivity contribution in [1.29, 1.82) is 0 Å². The number of rotatable bonds is 6. The largest absolute Gasteiger partial charge is 0.352 e. The van der Waals surface area contributed by atoms with Gasteiger partial charge in [-0.3, -0.25) is 0 Å². The van der Waals surface area contributed by atoms with Gasteiger partial charge in [0.2, 0.25) is 15.0 Å². The molecule has 6 nitrogen and oxygen atoms in total. The van der Waals surface area contributed by atoms with E-state index >= 15 is 8.78 Å². The highest BCUT2D eigenvalue weighted by molar-refractivity contribution is 7.91. The van der Waals surface area contributed by atoms with Crippen molar-refractivity contribution >= 4 is 45.4 Å². The second kappa shape index (κ2) is 12.7. The molecule has 0 N–H and O–H groups in total. The van der Waals surface area contributed by atoms with Gasteiger partial charge in [0.25, 0.3) is 0 Å². The van der Waals surface area contributed by atoms with Crippen LogP contribution in [0.4, 0.5) is 14.6 Å². The first kappa shape index (κ1) is 35.0. The maximum Gasteiger partial charge on any atom is 0.249 e. The predicted molar refractivity (Wildman–Crippen MR) is 201 cm³/mol. The van der Waals surface area contributed by atoms with E-state index < -0.39 is 29.5 Å². The van der Waals surface area contributed by atoms with Crippen molar-refractivity contribution in [2.24, 2.45) is 17.8 Å². The van der Waals surface area contributed by atoms with Crippen LogP contribution in [0.1, 0.15) is 85.9 Å². The first-order valence-electron chi connectivity index (χ1n) is 18.3. The van der Waals surface area contributed by atoms with E-state index in [4.69, 9.17) is 9.97 Å². The van der Waals surface area contributed by atoms with Gasteiger partial charge in [-0.15, -0.1) is 5.54 Å². The van der Waals surface area contributed by atoms with Crippen LogP contribution in [0, 0.1) is 40.9 Å². The third-order valence-corrected chi connectivity index (χ3v) is 20.0. The third-order valence-electron chi connectivity index (χ3n) is 12.2. The Balaban J connectivity index is 1.53. The maximum absolute atomic E-state index is 17.3. The Labute approximate surface area is 296 Å². The monoisotopic (exact) mass is 714 g/mol. The summed E-state index contributed by atoms with van der Waals surface area (Å²) in [5.74, 6) is 3.55. The SMILES string of the molecule is CCS(=O)(=O)c1nc2c3c(nc(-c4cccc5ccc(F)c(C#C[Si](C(C)C)(C(C)C)C(C)C)c45)c(F)c3n1)C[C@H](C)[C@@H]1[C@@H]3CC[C@@H](C3)CN21. The van der Waals surface area contributed by atoms with Gasteiger partial charge in [-0.05, 0) is 71.5 Å². The smallest absolute Gasteiger partial charge is 0.249 e. The summed E-state index contributed by atoms with van der Waals surface area (Å²) in [5, 5.41) is 1.36. The Morgan fingerprint density at radius 3 is 2.36 bits per heavy atom. The molecule has 0 unspecified atom stereocenters. The van der Waals surface area contributed by atoms with E-state index in [1.54, 1.807) is 19.1 Å². The molecule has 7 rings (SSSR count). The van der Waals surface area contributed by atoms with Crippen molar-refractivity contribution in [2.75, 3.05) is 17.2 Å². The Hall–Kier alpha value is -3.42. The maximum atomic E-state index is 17.3. The number of hydrogen-bond donors (Lipinski definition) is 0. The molecule has 2 aliphatic heterocycles. The molecule has 1 saturated carbocycles. The molecule has 0 radical (unpaired) electrons. The number of nitrogens with zero attached hydrogens (tertiary/aromatic N) is 4. The number of halogens is 2. The summed E-state index contributed by atoms with van der Waals surface area (Å²) in [6.45, 7) is 17.8. The molecule has 10 heteroatoms. The van der Waals surface area contributed by atoms with Crippen LogP contribution in [-0.4, -0.2) is 49.8 Å². The fraction of sp³-hybridized carbons (Fsp3) is 0.525. The van der Waals surface area contributed by atoms with Gasteiger partial charge in [0.05, 0.1) is 22.4 Å². The summed E-state index contributed by atoms with van der Waals surface area (Å²) >= 11 is 0. The molecule has 1 saturated heterocycles. The molecule has 2 fully saturated rings. The molecule has 4 atom stereocenters. The number of benzene rings is 2. The first-order valence-corrected chi connectivity index (χ1v) is 22.2. The number of sulfone groups is 1. The number of anilines is 1. The van der Waals surface area contributed by atoms with Crippen LogP contribution in [0.25, 0.3) is 32.9 Å². The van der Waals surface area contributed by atoms with E-state index in [1.165, 1.54) is 6.07 Å². The van der Waals surface area contributed by atoms with Gasteiger partial charge in [0.1, 0.15) is 30.9 Å². The fourth-order valence-corrected chi connectivity index (χ4v) is 15.9. The Morgan fingerprint density at radius 2 is 1.68 bits per heavy atom. The molecular weight excluding hydrogens is 667 g/mol. The Kier molecular flexibility index (Phi) is 8.86. The second-order valence-corrected chi connectivity index (χ2v) is 23.7. The van der Waals surface area contributed by atoms with Crippen molar-refractivity contribution in [3.05, 3.63) is 53.2 Å². The van der Waals surface area contributed by atoms with Gasteiger partial charge in [-0.2, -0.15) is 0 Å². The average Bonchev–Trinajstić information content (AvgIpc) is 3.39. The van der Waals surface area contributed by atoms with Crippen LogP contribution < -0.4 is 4.90 Å². The molecule has 2 aromatic carbocycles. The number of piperidine rings is 1. The minimum Gasteiger partial charge on any atom is -0.352 e. The van der Waals surface area contributed by atoms with Crippen molar-refractivity contribution in [3.63, 3.8) is 0 Å². The van der Waals surface area contributed by atoms with Crippen molar-refractivity contribution in [1.82, 2.24) is 15.0 Å². The molecule has 50 heavy (non-hydrogen) atoms. The van der Waals surface area contributed by atoms with Gasteiger partial charge >= 0.3 is 0 Å². The molecule has 3 aliphatic rings. The van der Waals surface area contributed by atoms with E-state index in [9.17, 15) is 8.42 Å². The number of hydrogen-bond acceptors (Lipinski definition) is 6. The van der Waals surface area contributed by atoms with Crippen LogP contribution >= 0.6 is 0 Å². The lowest BCUT2D eigenvalue weighted by Gasteiger charge is -2.43. The summed E-state index contributed by atoms with van der Waals surface area (Å²) in [5.41, 5.74) is 6.02. The third kappa shape index (κ3) is 5.37. The molecule has 2 aromatic heterocycles. The molecule has 0 spiro atoms. The van der Waals surface area contributed by atoms with Crippen LogP contribution in [0.15, 0.2) is 35.5 Å².